The van der Waals surface area contributed by atoms with E-state index in [1.165, 1.54) is 0 Å². The molecule has 0 N–H and O–H groups in total. The molecule has 0 aromatic rings. The number of ketones is 1. The lowest BCUT2D eigenvalue weighted by atomic mass is 10.0. The molecule has 0 radical (unpaired) electrons. The first kappa shape index (κ1) is 13.6. The highest BCUT2D eigenvalue weighted by atomic mass is 16.1. The first-order valence-corrected chi connectivity index (χ1v) is 5.29. The quantitative estimate of drug-likeness (QED) is 0.472. The van der Waals surface area contributed by atoms with Gasteiger partial charge >= 0.3 is 0 Å². The lowest BCUT2D eigenvalue weighted by Gasteiger charge is -2.05. The summed E-state index contributed by atoms with van der Waals surface area (Å²) in [5.41, 5.74) is 2.21. The van der Waals surface area contributed by atoms with Crippen molar-refractivity contribution in [3.05, 3.63) is 48.1 Å². The zero-order valence-corrected chi connectivity index (χ0v) is 9.92. The van der Waals surface area contributed by atoms with Crippen LogP contribution in [-0.2, 0) is 4.79 Å². The second-order valence-corrected chi connectivity index (χ2v) is 3.37. The minimum atomic E-state index is 0.134. The van der Waals surface area contributed by atoms with Crippen LogP contribution in [0.5, 0.6) is 0 Å². The lowest BCUT2D eigenvalue weighted by molar-refractivity contribution is -0.113. The first-order chi connectivity index (χ1) is 7.15. The third kappa shape index (κ3) is 5.84. The number of rotatable bonds is 6. The Morgan fingerprint density at radius 1 is 1.40 bits per heavy atom. The highest BCUT2D eigenvalue weighted by Crippen LogP contribution is 2.15. The Morgan fingerprint density at radius 2 is 2.07 bits per heavy atom. The van der Waals surface area contributed by atoms with Gasteiger partial charge in [0.25, 0.3) is 0 Å². The molecule has 0 fully saturated rings. The Bertz CT molecular complexity index is 303. The molecule has 15 heavy (non-hydrogen) atoms. The van der Waals surface area contributed by atoms with Crippen molar-refractivity contribution < 1.29 is 4.79 Å². The van der Waals surface area contributed by atoms with Gasteiger partial charge in [0, 0.05) is 6.42 Å². The smallest absolute Gasteiger partial charge is 0.159 e. The van der Waals surface area contributed by atoms with E-state index in [9.17, 15) is 4.79 Å². The second-order valence-electron chi connectivity index (χ2n) is 3.37. The molecule has 0 aliphatic rings. The largest absolute Gasteiger partial charge is 0.294 e. The summed E-state index contributed by atoms with van der Waals surface area (Å²) in [6.07, 6.45) is 10.6. The number of hydrogen-bond acceptors (Lipinski definition) is 1. The molecule has 0 saturated carbocycles. The molecular formula is C14H20O. The van der Waals surface area contributed by atoms with Crippen LogP contribution in [0.25, 0.3) is 0 Å². The maximum Gasteiger partial charge on any atom is 0.159 e. The van der Waals surface area contributed by atoms with Gasteiger partial charge in [-0.3, -0.25) is 4.79 Å². The van der Waals surface area contributed by atoms with Crippen LogP contribution in [0.2, 0.25) is 0 Å². The average molecular weight is 204 g/mol. The highest BCUT2D eigenvalue weighted by Gasteiger charge is 2.03. The Morgan fingerprint density at radius 3 is 2.53 bits per heavy atom. The van der Waals surface area contributed by atoms with Crippen LogP contribution in [0, 0.1) is 0 Å². The monoisotopic (exact) mass is 204 g/mol. The molecule has 1 nitrogen and oxygen atoms in total. The van der Waals surface area contributed by atoms with E-state index in [0.717, 1.165) is 17.6 Å². The fraction of sp³-hybridized carbons (Fsp3) is 0.357. The van der Waals surface area contributed by atoms with E-state index in [2.05, 4.69) is 19.6 Å². The minimum Gasteiger partial charge on any atom is -0.294 e. The molecule has 0 spiro atoms. The van der Waals surface area contributed by atoms with Crippen LogP contribution in [0.15, 0.2) is 48.1 Å². The predicted molar refractivity (Wildman–Crippen MR) is 66.8 cm³/mol. The Kier molecular flexibility index (Phi) is 7.25. The molecule has 0 bridgehead atoms. The van der Waals surface area contributed by atoms with Crippen LogP contribution < -0.4 is 0 Å². The van der Waals surface area contributed by atoms with Gasteiger partial charge < -0.3 is 0 Å². The summed E-state index contributed by atoms with van der Waals surface area (Å²) in [4.78, 5) is 11.4. The minimum absolute atomic E-state index is 0.134. The van der Waals surface area contributed by atoms with Gasteiger partial charge in [0.2, 0.25) is 0 Å². The molecule has 0 rings (SSSR count). The van der Waals surface area contributed by atoms with E-state index in [-0.39, 0.29) is 5.78 Å². The van der Waals surface area contributed by atoms with Gasteiger partial charge in [0.1, 0.15) is 0 Å². The topological polar surface area (TPSA) is 17.1 Å². The van der Waals surface area contributed by atoms with E-state index < -0.39 is 0 Å². The van der Waals surface area contributed by atoms with Crippen LogP contribution in [-0.4, -0.2) is 5.78 Å². The van der Waals surface area contributed by atoms with Crippen LogP contribution >= 0.6 is 0 Å². The molecule has 0 amide bonds. The van der Waals surface area contributed by atoms with Gasteiger partial charge in [-0.2, -0.15) is 0 Å². The molecule has 0 unspecified atom stereocenters. The summed E-state index contributed by atoms with van der Waals surface area (Å²) in [6, 6.07) is 0. The molecule has 0 aliphatic heterocycles. The molecule has 0 saturated heterocycles. The number of carbonyl (C=O) groups is 1. The third-order valence-electron chi connectivity index (χ3n) is 2.05. The summed E-state index contributed by atoms with van der Waals surface area (Å²) in [5, 5.41) is 0. The molecule has 82 valence electrons. The van der Waals surface area contributed by atoms with Crippen molar-refractivity contribution in [2.75, 3.05) is 0 Å². The van der Waals surface area contributed by atoms with E-state index >= 15 is 0 Å². The van der Waals surface area contributed by atoms with Gasteiger partial charge in [-0.05, 0) is 31.9 Å². The maximum absolute atomic E-state index is 11.4. The zero-order chi connectivity index (χ0) is 11.7. The number of hydrogen-bond donors (Lipinski definition) is 0. The fourth-order valence-electron chi connectivity index (χ4n) is 1.34. The van der Waals surface area contributed by atoms with Gasteiger partial charge in [0.15, 0.2) is 5.78 Å². The van der Waals surface area contributed by atoms with E-state index in [1.54, 1.807) is 18.2 Å². The standard InChI is InChI=1S/C14H20O/c1-5-8-12(4)13(9-6-2)11-14(15)10-7-3/h6-10H,2,5,11H2,1,3-4H3/b10-7-,12-8-,13-9-. The zero-order valence-electron chi connectivity index (χ0n) is 9.92. The predicted octanol–water partition coefficient (Wildman–Crippen LogP) is 3.99. The van der Waals surface area contributed by atoms with Crippen molar-refractivity contribution in [3.8, 4) is 0 Å². The van der Waals surface area contributed by atoms with Crippen molar-refractivity contribution in [2.24, 2.45) is 0 Å². The van der Waals surface area contributed by atoms with Crippen molar-refractivity contribution in [1.29, 1.82) is 0 Å². The van der Waals surface area contributed by atoms with Crippen LogP contribution in [0.1, 0.15) is 33.6 Å². The molecule has 0 atom stereocenters. The molecular weight excluding hydrogens is 184 g/mol. The summed E-state index contributed by atoms with van der Waals surface area (Å²) in [6.45, 7) is 9.63. The summed E-state index contributed by atoms with van der Waals surface area (Å²) < 4.78 is 0. The SMILES string of the molecule is C=C/C=C(CC(=O)/C=C\C)\C(C)=C/CC. The molecule has 0 aromatic heterocycles. The third-order valence-corrected chi connectivity index (χ3v) is 2.05. The Labute approximate surface area is 92.9 Å². The van der Waals surface area contributed by atoms with Gasteiger partial charge in [-0.15, -0.1) is 0 Å². The van der Waals surface area contributed by atoms with Crippen LogP contribution in [0.4, 0.5) is 0 Å². The van der Waals surface area contributed by atoms with Gasteiger partial charge in [-0.25, -0.2) is 0 Å². The van der Waals surface area contributed by atoms with Crippen molar-refractivity contribution in [1.82, 2.24) is 0 Å². The van der Waals surface area contributed by atoms with Crippen molar-refractivity contribution in [3.63, 3.8) is 0 Å². The molecule has 0 aromatic carbocycles. The van der Waals surface area contributed by atoms with Gasteiger partial charge in [0.05, 0.1) is 0 Å². The summed E-state index contributed by atoms with van der Waals surface area (Å²) >= 11 is 0. The molecule has 0 aliphatic carbocycles. The molecule has 1 heteroatoms. The maximum atomic E-state index is 11.4. The average Bonchev–Trinajstić information content (AvgIpc) is 2.18. The van der Waals surface area contributed by atoms with Crippen LogP contribution in [0.3, 0.4) is 0 Å². The number of carbonyl (C=O) groups excluding carboxylic acids is 1. The van der Waals surface area contributed by atoms with E-state index in [1.807, 2.05) is 19.9 Å². The Balaban J connectivity index is 4.70. The van der Waals surface area contributed by atoms with Crippen molar-refractivity contribution >= 4 is 5.78 Å². The molecule has 0 heterocycles. The second kappa shape index (κ2) is 7.98. The first-order valence-electron chi connectivity index (χ1n) is 5.29. The summed E-state index contributed by atoms with van der Waals surface area (Å²) in [5.74, 6) is 0.134. The normalized spacial score (nSPS) is 13.3. The van der Waals surface area contributed by atoms with E-state index in [4.69, 9.17) is 0 Å². The Hall–Kier alpha value is -1.37. The summed E-state index contributed by atoms with van der Waals surface area (Å²) in [7, 11) is 0. The van der Waals surface area contributed by atoms with Crippen molar-refractivity contribution in [2.45, 2.75) is 33.6 Å². The van der Waals surface area contributed by atoms with E-state index in [0.29, 0.717) is 6.42 Å². The fourth-order valence-corrected chi connectivity index (χ4v) is 1.34. The van der Waals surface area contributed by atoms with Gasteiger partial charge in [-0.1, -0.05) is 43.4 Å². The number of allylic oxidation sites excluding steroid dienone is 7. The highest BCUT2D eigenvalue weighted by molar-refractivity contribution is 5.92. The lowest BCUT2D eigenvalue weighted by Crippen LogP contribution is -1.97.